The highest BCUT2D eigenvalue weighted by molar-refractivity contribution is 5.83. The highest BCUT2D eigenvalue weighted by atomic mass is 16.3. The van der Waals surface area contributed by atoms with Gasteiger partial charge in [-0.1, -0.05) is 42.5 Å². The van der Waals surface area contributed by atoms with Crippen molar-refractivity contribution >= 4 is 16.8 Å². The van der Waals surface area contributed by atoms with Crippen molar-refractivity contribution in [2.45, 2.75) is 32.0 Å². The van der Waals surface area contributed by atoms with Crippen LogP contribution in [0, 0.1) is 0 Å². The van der Waals surface area contributed by atoms with Crippen molar-refractivity contribution in [1.29, 1.82) is 0 Å². The highest BCUT2D eigenvalue weighted by Gasteiger charge is 2.24. The number of rotatable bonds is 4. The van der Waals surface area contributed by atoms with E-state index in [9.17, 15) is 9.90 Å². The number of hydrogen-bond donors (Lipinski definition) is 3. The number of carbonyl (C=O) groups excluding carboxylic acids is 1. The van der Waals surface area contributed by atoms with Gasteiger partial charge in [-0.25, -0.2) is 4.79 Å². The maximum atomic E-state index is 12.5. The number of phenolic OH excluding ortho intramolecular Hbond substituents is 1. The molecule has 0 spiro atoms. The first-order valence-corrected chi connectivity index (χ1v) is 10.0. The van der Waals surface area contributed by atoms with E-state index in [1.54, 1.807) is 6.07 Å². The Labute approximate surface area is 171 Å². The Morgan fingerprint density at radius 2 is 1.90 bits per heavy atom. The summed E-state index contributed by atoms with van der Waals surface area (Å²) in [5.41, 5.74) is 3.47. The average molecular weight is 389 g/mol. The summed E-state index contributed by atoms with van der Waals surface area (Å²) in [4.78, 5) is 14.7. The fourth-order valence-electron chi connectivity index (χ4n) is 4.01. The summed E-state index contributed by atoms with van der Waals surface area (Å²) in [7, 11) is 2.05. The molecule has 1 aliphatic heterocycles. The maximum absolute atomic E-state index is 12.5. The fourth-order valence-corrected chi connectivity index (χ4v) is 4.01. The predicted octanol–water partition coefficient (Wildman–Crippen LogP) is 3.96. The van der Waals surface area contributed by atoms with E-state index in [1.165, 1.54) is 16.3 Å². The quantitative estimate of drug-likeness (QED) is 0.633. The van der Waals surface area contributed by atoms with E-state index >= 15 is 0 Å². The van der Waals surface area contributed by atoms with Gasteiger partial charge < -0.3 is 15.7 Å². The van der Waals surface area contributed by atoms with Gasteiger partial charge in [0.05, 0.1) is 6.04 Å². The number of nitrogens with zero attached hydrogens (tertiary/aromatic N) is 1. The number of hydrogen-bond acceptors (Lipinski definition) is 3. The van der Waals surface area contributed by atoms with Crippen molar-refractivity contribution in [2.75, 3.05) is 13.6 Å². The number of benzene rings is 3. The first-order chi connectivity index (χ1) is 14.0. The van der Waals surface area contributed by atoms with Gasteiger partial charge in [0.25, 0.3) is 0 Å². The number of nitrogens with one attached hydrogen (secondary N) is 2. The Bertz CT molecular complexity index is 1030. The summed E-state index contributed by atoms with van der Waals surface area (Å²) in [5, 5.41) is 18.1. The van der Waals surface area contributed by atoms with Gasteiger partial charge >= 0.3 is 6.03 Å². The number of likely N-dealkylation sites (N-methyl/N-ethyl adjacent to an activating group) is 1. The lowest BCUT2D eigenvalue weighted by molar-refractivity contribution is 0.202. The zero-order valence-corrected chi connectivity index (χ0v) is 16.9. The van der Waals surface area contributed by atoms with E-state index in [4.69, 9.17) is 0 Å². The van der Waals surface area contributed by atoms with E-state index in [-0.39, 0.29) is 18.1 Å². The molecule has 0 aliphatic carbocycles. The summed E-state index contributed by atoms with van der Waals surface area (Å²) in [6.45, 7) is 3.34. The molecule has 5 nitrogen and oxygen atoms in total. The first-order valence-electron chi connectivity index (χ1n) is 10.0. The van der Waals surface area contributed by atoms with Crippen molar-refractivity contribution in [3.63, 3.8) is 0 Å². The third-order valence-corrected chi connectivity index (χ3v) is 5.81. The standard InChI is InChI=1S/C24H27N3O2/c1-16(18-8-7-17-5-3-4-6-19(17)11-18)26-24(29)25-14-22-12-20-9-10-23(28)13-21(20)15-27(22)2/h3-11,13,16,22,28H,12,14-15H2,1-2H3,(H2,25,26,29)/t16-,22-/m0/s1. The predicted molar refractivity (Wildman–Crippen MR) is 116 cm³/mol. The molecule has 0 aromatic heterocycles. The second-order valence-electron chi connectivity index (χ2n) is 7.91. The summed E-state index contributed by atoms with van der Waals surface area (Å²) in [6, 6.07) is 20.0. The molecular weight excluding hydrogens is 362 g/mol. The second kappa shape index (κ2) is 8.13. The molecule has 1 aliphatic rings. The SMILES string of the molecule is C[C@H](NC(=O)NC[C@@H]1Cc2ccc(O)cc2CN1C)c1ccc2ccccc2c1. The first kappa shape index (κ1) is 19.3. The van der Waals surface area contributed by atoms with Crippen LogP contribution in [0.15, 0.2) is 60.7 Å². The minimum absolute atomic E-state index is 0.0765. The molecule has 0 saturated carbocycles. The van der Waals surface area contributed by atoms with Gasteiger partial charge in [-0.2, -0.15) is 0 Å². The number of aromatic hydroxyl groups is 1. The summed E-state index contributed by atoms with van der Waals surface area (Å²) >= 11 is 0. The number of amides is 2. The van der Waals surface area contributed by atoms with E-state index in [1.807, 2.05) is 31.2 Å². The van der Waals surface area contributed by atoms with Crippen LogP contribution in [-0.4, -0.2) is 35.7 Å². The molecule has 3 aromatic carbocycles. The van der Waals surface area contributed by atoms with Crippen LogP contribution in [0.5, 0.6) is 5.75 Å². The molecule has 3 aromatic rings. The number of fused-ring (bicyclic) bond motifs is 2. The number of carbonyl (C=O) groups is 1. The third kappa shape index (κ3) is 4.35. The van der Waals surface area contributed by atoms with E-state index in [0.717, 1.165) is 24.1 Å². The summed E-state index contributed by atoms with van der Waals surface area (Å²) < 4.78 is 0. The van der Waals surface area contributed by atoms with Gasteiger partial charge in [-0.15, -0.1) is 0 Å². The van der Waals surface area contributed by atoms with Crippen LogP contribution < -0.4 is 10.6 Å². The van der Waals surface area contributed by atoms with Gasteiger partial charge in [-0.05, 0) is 66.1 Å². The lowest BCUT2D eigenvalue weighted by Crippen LogP contribution is -2.48. The Hall–Kier alpha value is -3.05. The molecule has 0 fully saturated rings. The number of phenols is 1. The lowest BCUT2D eigenvalue weighted by atomic mass is 9.94. The average Bonchev–Trinajstić information content (AvgIpc) is 2.71. The zero-order valence-electron chi connectivity index (χ0n) is 16.9. The fraction of sp³-hybridized carbons (Fsp3) is 0.292. The molecule has 2 amide bonds. The Balaban J connectivity index is 1.34. The molecule has 0 bridgehead atoms. The molecule has 4 rings (SSSR count). The van der Waals surface area contributed by atoms with Gasteiger partial charge in [0.15, 0.2) is 0 Å². The zero-order chi connectivity index (χ0) is 20.4. The lowest BCUT2D eigenvalue weighted by Gasteiger charge is -2.34. The van der Waals surface area contributed by atoms with Crippen LogP contribution in [0.2, 0.25) is 0 Å². The topological polar surface area (TPSA) is 64.6 Å². The molecule has 0 unspecified atom stereocenters. The minimum Gasteiger partial charge on any atom is -0.508 e. The van der Waals surface area contributed by atoms with Gasteiger partial charge in [0.1, 0.15) is 5.75 Å². The van der Waals surface area contributed by atoms with Crippen LogP contribution in [0.1, 0.15) is 29.7 Å². The van der Waals surface area contributed by atoms with E-state index in [2.05, 4.69) is 52.9 Å². The Morgan fingerprint density at radius 3 is 2.72 bits per heavy atom. The summed E-state index contributed by atoms with van der Waals surface area (Å²) in [6.07, 6.45) is 0.854. The van der Waals surface area contributed by atoms with Crippen molar-refractivity contribution in [2.24, 2.45) is 0 Å². The van der Waals surface area contributed by atoms with E-state index in [0.29, 0.717) is 12.3 Å². The molecule has 2 atom stereocenters. The van der Waals surface area contributed by atoms with Gasteiger partial charge in [0, 0.05) is 19.1 Å². The van der Waals surface area contributed by atoms with Crippen molar-refractivity contribution in [3.05, 3.63) is 77.4 Å². The normalized spacial score (nSPS) is 17.5. The molecule has 1 heterocycles. The monoisotopic (exact) mass is 389 g/mol. The van der Waals surface area contributed by atoms with Crippen LogP contribution in [-0.2, 0) is 13.0 Å². The van der Waals surface area contributed by atoms with Crippen molar-refractivity contribution < 1.29 is 9.90 Å². The minimum atomic E-state index is -0.157. The summed E-state index contributed by atoms with van der Waals surface area (Å²) in [5.74, 6) is 0.302. The molecule has 150 valence electrons. The number of urea groups is 1. The Kier molecular flexibility index (Phi) is 5.41. The molecular formula is C24H27N3O2. The van der Waals surface area contributed by atoms with Crippen molar-refractivity contribution in [3.8, 4) is 5.75 Å². The molecule has 3 N–H and O–H groups in total. The molecule has 0 saturated heterocycles. The second-order valence-corrected chi connectivity index (χ2v) is 7.91. The largest absolute Gasteiger partial charge is 0.508 e. The molecule has 5 heteroatoms. The smallest absolute Gasteiger partial charge is 0.315 e. The van der Waals surface area contributed by atoms with Crippen LogP contribution in [0.3, 0.4) is 0 Å². The van der Waals surface area contributed by atoms with Crippen LogP contribution >= 0.6 is 0 Å². The Morgan fingerprint density at radius 1 is 1.10 bits per heavy atom. The molecule has 0 radical (unpaired) electrons. The van der Waals surface area contributed by atoms with Crippen molar-refractivity contribution in [1.82, 2.24) is 15.5 Å². The van der Waals surface area contributed by atoms with Gasteiger partial charge in [-0.3, -0.25) is 4.90 Å². The third-order valence-electron chi connectivity index (χ3n) is 5.81. The van der Waals surface area contributed by atoms with Gasteiger partial charge in [0.2, 0.25) is 0 Å². The van der Waals surface area contributed by atoms with E-state index < -0.39 is 0 Å². The maximum Gasteiger partial charge on any atom is 0.315 e. The van der Waals surface area contributed by atoms with Crippen LogP contribution in [0.4, 0.5) is 4.79 Å². The molecule has 29 heavy (non-hydrogen) atoms. The van der Waals surface area contributed by atoms with Crippen LogP contribution in [0.25, 0.3) is 10.8 Å². The highest BCUT2D eigenvalue weighted by Crippen LogP contribution is 2.25.